The van der Waals surface area contributed by atoms with Gasteiger partial charge >= 0.3 is 0 Å². The van der Waals surface area contributed by atoms with Crippen LogP contribution >= 0.6 is 11.8 Å². The Bertz CT molecular complexity index is 1060. The summed E-state index contributed by atoms with van der Waals surface area (Å²) in [7, 11) is 0. The number of aromatic amines is 1. The standard InChI is InChI=1S/C26H35N3O5S/c1-15-8-9-18-16(2)23(31-24-26(18)17(15)10-12-25(3,32-24)33-34-26)35-13-11-22(30)27-14-21-28-19-6-4-5-7-20(19)29-21/h4-7,15-18,23-24H,8-14H2,1-3H3,(H,27,30)(H,28,29)/t15-,16-,17+,18+,23+,24-,25-,26-/m1/s1. The zero-order chi connectivity index (χ0) is 24.2. The van der Waals surface area contributed by atoms with Gasteiger partial charge in [0.15, 0.2) is 11.9 Å². The van der Waals surface area contributed by atoms with Gasteiger partial charge in [0.05, 0.1) is 17.6 Å². The lowest BCUT2D eigenvalue weighted by Crippen LogP contribution is -2.70. The molecule has 0 radical (unpaired) electrons. The maximum Gasteiger partial charge on any atom is 0.221 e. The molecule has 5 heterocycles. The molecule has 1 aromatic heterocycles. The first kappa shape index (κ1) is 23.7. The molecule has 8 atom stereocenters. The van der Waals surface area contributed by atoms with Gasteiger partial charge in [-0.05, 0) is 56.1 Å². The van der Waals surface area contributed by atoms with E-state index in [1.807, 2.05) is 31.2 Å². The van der Waals surface area contributed by atoms with E-state index >= 15 is 0 Å². The molecule has 2 N–H and O–H groups in total. The van der Waals surface area contributed by atoms with Crippen LogP contribution in [-0.4, -0.2) is 44.7 Å². The fourth-order valence-corrected chi connectivity index (χ4v) is 7.90. The Kier molecular flexibility index (Phi) is 6.12. The highest BCUT2D eigenvalue weighted by Gasteiger charge is 2.69. The van der Waals surface area contributed by atoms with E-state index in [4.69, 9.17) is 19.2 Å². The van der Waals surface area contributed by atoms with Crippen molar-refractivity contribution >= 4 is 28.7 Å². The molecule has 1 aliphatic carbocycles. The van der Waals surface area contributed by atoms with Crippen molar-refractivity contribution in [1.29, 1.82) is 0 Å². The molecule has 9 heteroatoms. The number of carbonyl (C=O) groups is 1. The number of nitrogens with one attached hydrogen (secondary N) is 2. The molecule has 190 valence electrons. The lowest BCUT2D eigenvalue weighted by Gasteiger charge is -2.60. The summed E-state index contributed by atoms with van der Waals surface area (Å²) in [5.41, 5.74) is 1.31. The average Bonchev–Trinajstić information content (AvgIpc) is 3.13. The van der Waals surface area contributed by atoms with E-state index < -0.39 is 17.7 Å². The van der Waals surface area contributed by atoms with Crippen LogP contribution in [0, 0.1) is 23.7 Å². The van der Waals surface area contributed by atoms with Gasteiger partial charge in [-0.25, -0.2) is 14.8 Å². The van der Waals surface area contributed by atoms with Crippen molar-refractivity contribution in [2.24, 2.45) is 23.7 Å². The number of H-pyrrole nitrogens is 1. The van der Waals surface area contributed by atoms with Gasteiger partial charge in [-0.2, -0.15) is 0 Å². The number of hydrogen-bond donors (Lipinski definition) is 2. The third-order valence-corrected chi connectivity index (χ3v) is 9.91. The molecule has 5 aliphatic rings. The van der Waals surface area contributed by atoms with Crippen LogP contribution in [0.2, 0.25) is 0 Å². The summed E-state index contributed by atoms with van der Waals surface area (Å²) in [6.07, 6.45) is 4.11. The number of rotatable bonds is 6. The molecule has 5 fully saturated rings. The molecule has 0 unspecified atom stereocenters. The molecular formula is C26H35N3O5S. The largest absolute Gasteiger partial charge is 0.349 e. The highest BCUT2D eigenvalue weighted by atomic mass is 32.2. The van der Waals surface area contributed by atoms with Crippen LogP contribution in [0.25, 0.3) is 11.0 Å². The topological polar surface area (TPSA) is 94.7 Å². The molecule has 1 amide bonds. The van der Waals surface area contributed by atoms with E-state index in [1.165, 1.54) is 6.42 Å². The average molecular weight is 502 g/mol. The Morgan fingerprint density at radius 3 is 2.91 bits per heavy atom. The van der Waals surface area contributed by atoms with Crippen LogP contribution in [0.1, 0.15) is 58.7 Å². The van der Waals surface area contributed by atoms with Crippen LogP contribution in [0.4, 0.5) is 0 Å². The Morgan fingerprint density at radius 2 is 2.06 bits per heavy atom. The Morgan fingerprint density at radius 1 is 1.20 bits per heavy atom. The van der Waals surface area contributed by atoms with Gasteiger partial charge < -0.3 is 19.8 Å². The fraction of sp³-hybridized carbons (Fsp3) is 0.692. The van der Waals surface area contributed by atoms with E-state index in [2.05, 4.69) is 29.1 Å². The van der Waals surface area contributed by atoms with Gasteiger partial charge in [0, 0.05) is 24.5 Å². The summed E-state index contributed by atoms with van der Waals surface area (Å²) in [5.74, 6) is 2.21. The summed E-state index contributed by atoms with van der Waals surface area (Å²) < 4.78 is 13.0. The van der Waals surface area contributed by atoms with Crippen molar-refractivity contribution in [3.8, 4) is 0 Å². The van der Waals surface area contributed by atoms with Crippen LogP contribution in [0.3, 0.4) is 0 Å². The fourth-order valence-electron chi connectivity index (χ4n) is 6.69. The van der Waals surface area contributed by atoms with Crippen LogP contribution < -0.4 is 5.32 Å². The first-order valence-electron chi connectivity index (χ1n) is 12.9. The molecule has 1 saturated carbocycles. The number of aromatic nitrogens is 2. The zero-order valence-corrected chi connectivity index (χ0v) is 21.4. The predicted octanol–water partition coefficient (Wildman–Crippen LogP) is 4.51. The number of thioether (sulfide) groups is 1. The minimum absolute atomic E-state index is 0.0125. The summed E-state index contributed by atoms with van der Waals surface area (Å²) in [5, 5.41) is 2.98. The molecule has 2 bridgehead atoms. The summed E-state index contributed by atoms with van der Waals surface area (Å²) in [6.45, 7) is 6.92. The minimum Gasteiger partial charge on any atom is -0.349 e. The molecule has 8 nitrogen and oxygen atoms in total. The number of benzene rings is 1. The number of para-hydroxylation sites is 2. The number of fused-ring (bicyclic) bond motifs is 3. The van der Waals surface area contributed by atoms with Crippen LogP contribution in [-0.2, 0) is 30.6 Å². The maximum absolute atomic E-state index is 12.5. The highest BCUT2D eigenvalue weighted by molar-refractivity contribution is 7.99. The highest BCUT2D eigenvalue weighted by Crippen LogP contribution is 2.61. The van der Waals surface area contributed by atoms with Crippen molar-refractivity contribution in [1.82, 2.24) is 15.3 Å². The van der Waals surface area contributed by atoms with Gasteiger partial charge in [0.1, 0.15) is 11.3 Å². The predicted molar refractivity (Wildman–Crippen MR) is 132 cm³/mol. The number of ether oxygens (including phenoxy) is 2. The van der Waals surface area contributed by atoms with Crippen molar-refractivity contribution in [3.05, 3.63) is 30.1 Å². The smallest absolute Gasteiger partial charge is 0.221 e. The van der Waals surface area contributed by atoms with Crippen molar-refractivity contribution in [2.45, 2.75) is 82.5 Å². The maximum atomic E-state index is 12.5. The number of imidazole rings is 1. The van der Waals surface area contributed by atoms with Crippen molar-refractivity contribution < 1.29 is 24.0 Å². The van der Waals surface area contributed by atoms with Crippen molar-refractivity contribution in [3.63, 3.8) is 0 Å². The molecule has 4 saturated heterocycles. The second-order valence-electron chi connectivity index (χ2n) is 10.9. The third-order valence-electron chi connectivity index (χ3n) is 8.60. The van der Waals surface area contributed by atoms with E-state index in [9.17, 15) is 4.79 Å². The SMILES string of the molecule is C[C@H]1[C@H](SCCC(=O)NCc2nc3ccccc3[nH]2)O[C@@H]2O[C@@]3(C)CC[C@H]4[C@H](C)CC[C@@H]1[C@@]24OO3. The quantitative estimate of drug-likeness (QED) is 0.563. The summed E-state index contributed by atoms with van der Waals surface area (Å²) >= 11 is 1.71. The van der Waals surface area contributed by atoms with Gasteiger partial charge in [-0.3, -0.25) is 4.79 Å². The molecule has 4 aliphatic heterocycles. The Balaban J connectivity index is 1.07. The van der Waals surface area contributed by atoms with E-state index in [0.29, 0.717) is 36.5 Å². The first-order valence-corrected chi connectivity index (χ1v) is 13.9. The van der Waals surface area contributed by atoms with Gasteiger partial charge in [0.25, 0.3) is 0 Å². The molecule has 35 heavy (non-hydrogen) atoms. The molecule has 7 rings (SSSR count). The van der Waals surface area contributed by atoms with Crippen LogP contribution in [0.15, 0.2) is 24.3 Å². The normalized spacial score (nSPS) is 40.3. The first-order chi connectivity index (χ1) is 16.9. The Labute approximate surface area is 210 Å². The van der Waals surface area contributed by atoms with Gasteiger partial charge in [-0.1, -0.05) is 26.0 Å². The van der Waals surface area contributed by atoms with Crippen LogP contribution in [0.5, 0.6) is 0 Å². The second-order valence-corrected chi connectivity index (χ2v) is 12.1. The van der Waals surface area contributed by atoms with E-state index in [0.717, 1.165) is 36.1 Å². The minimum atomic E-state index is -0.760. The van der Waals surface area contributed by atoms with Crippen molar-refractivity contribution in [2.75, 3.05) is 5.75 Å². The number of nitrogens with zero attached hydrogens (tertiary/aromatic N) is 1. The molecule has 1 aromatic carbocycles. The van der Waals surface area contributed by atoms with Gasteiger partial charge in [-0.15, -0.1) is 11.8 Å². The van der Waals surface area contributed by atoms with Gasteiger partial charge in [0.2, 0.25) is 11.7 Å². The van der Waals surface area contributed by atoms with E-state index in [-0.39, 0.29) is 17.3 Å². The number of amides is 1. The van der Waals surface area contributed by atoms with E-state index in [1.54, 1.807) is 11.8 Å². The Hall–Kier alpha value is -1.65. The number of hydrogen-bond acceptors (Lipinski definition) is 7. The summed E-state index contributed by atoms with van der Waals surface area (Å²) in [6, 6.07) is 7.86. The zero-order valence-electron chi connectivity index (χ0n) is 20.6. The number of carbonyl (C=O) groups excluding carboxylic acids is 1. The second kappa shape index (κ2) is 9.03. The third kappa shape index (κ3) is 4.09. The summed E-state index contributed by atoms with van der Waals surface area (Å²) in [4.78, 5) is 32.4. The molecule has 1 spiro atoms. The molecule has 2 aromatic rings. The monoisotopic (exact) mass is 501 g/mol. The molecular weight excluding hydrogens is 466 g/mol. The lowest BCUT2D eigenvalue weighted by molar-refractivity contribution is -0.568. The lowest BCUT2D eigenvalue weighted by atomic mass is 9.58.